The summed E-state index contributed by atoms with van der Waals surface area (Å²) < 4.78 is 6.65. The molecular formula is C12H30N2OSi2. The number of nitrogens with two attached hydrogens (primary N) is 1. The van der Waals surface area contributed by atoms with Gasteiger partial charge in [-0.15, -0.1) is 0 Å². The molecule has 0 aromatic carbocycles. The van der Waals surface area contributed by atoms with Gasteiger partial charge < -0.3 is 10.2 Å². The summed E-state index contributed by atoms with van der Waals surface area (Å²) in [4.78, 5) is 0. The van der Waals surface area contributed by atoms with Crippen LogP contribution in [0.5, 0.6) is 0 Å². The van der Waals surface area contributed by atoms with E-state index >= 15 is 0 Å². The number of hydrogen-bond acceptors (Lipinski definition) is 3. The first-order chi connectivity index (χ1) is 7.79. The van der Waals surface area contributed by atoms with Gasteiger partial charge >= 0.3 is 0 Å². The van der Waals surface area contributed by atoms with Crippen molar-refractivity contribution in [1.82, 2.24) is 5.32 Å². The minimum Gasteiger partial charge on any atom is -0.402 e. The molecule has 0 aromatic heterocycles. The largest absolute Gasteiger partial charge is 0.402 e. The van der Waals surface area contributed by atoms with E-state index in [-0.39, 0.29) is 5.72 Å². The van der Waals surface area contributed by atoms with Crippen LogP contribution in [0.15, 0.2) is 0 Å². The molecule has 1 aliphatic rings. The van der Waals surface area contributed by atoms with Gasteiger partial charge in [-0.2, -0.15) is 0 Å². The van der Waals surface area contributed by atoms with E-state index < -0.39 is 15.4 Å². The third-order valence-corrected chi connectivity index (χ3v) is 21.0. The lowest BCUT2D eigenvalue weighted by molar-refractivity contribution is 0.00972. The second-order valence-corrected chi connectivity index (χ2v) is 21.6. The average Bonchev–Trinajstić information content (AvgIpc) is 2.22. The summed E-state index contributed by atoms with van der Waals surface area (Å²) in [6.45, 7) is 13.6. The zero-order chi connectivity index (χ0) is 13.2. The summed E-state index contributed by atoms with van der Waals surface area (Å²) in [5.74, 6) is 0. The van der Waals surface area contributed by atoms with Crippen molar-refractivity contribution in [1.29, 1.82) is 0 Å². The summed E-state index contributed by atoms with van der Waals surface area (Å²) in [5.41, 5.74) is 5.56. The van der Waals surface area contributed by atoms with Gasteiger partial charge in [-0.1, -0.05) is 32.5 Å². The van der Waals surface area contributed by atoms with E-state index in [0.29, 0.717) is 6.54 Å². The Bertz CT molecular complexity index is 259. The van der Waals surface area contributed by atoms with Crippen molar-refractivity contribution in [3.8, 4) is 0 Å². The summed E-state index contributed by atoms with van der Waals surface area (Å²) in [5, 5.41) is 3.59. The molecule has 1 atom stereocenters. The molecule has 0 aromatic rings. The van der Waals surface area contributed by atoms with Gasteiger partial charge in [-0.3, -0.25) is 5.32 Å². The van der Waals surface area contributed by atoms with Gasteiger partial charge in [0.2, 0.25) is 0 Å². The molecule has 1 fully saturated rings. The topological polar surface area (TPSA) is 47.3 Å². The molecule has 3 nitrogen and oxygen atoms in total. The van der Waals surface area contributed by atoms with Crippen molar-refractivity contribution >= 4 is 15.4 Å². The van der Waals surface area contributed by atoms with Crippen molar-refractivity contribution in [3.05, 3.63) is 0 Å². The fourth-order valence-electron chi connectivity index (χ4n) is 2.59. The summed E-state index contributed by atoms with van der Waals surface area (Å²) in [6.07, 6.45) is 3.47. The molecule has 5 heteroatoms. The molecule has 0 radical (unpaired) electrons. The normalized spacial score (nSPS) is 31.4. The summed E-state index contributed by atoms with van der Waals surface area (Å²) in [7, 11) is -2.63. The average molecular weight is 275 g/mol. The summed E-state index contributed by atoms with van der Waals surface area (Å²) >= 11 is 0. The molecular weight excluding hydrogens is 244 g/mol. The van der Waals surface area contributed by atoms with E-state index in [1.807, 2.05) is 0 Å². The maximum Gasteiger partial charge on any atom is 0.176 e. The van der Waals surface area contributed by atoms with Crippen molar-refractivity contribution in [2.75, 3.05) is 13.1 Å². The van der Waals surface area contributed by atoms with Crippen molar-refractivity contribution < 1.29 is 4.43 Å². The van der Waals surface area contributed by atoms with Crippen LogP contribution in [-0.4, -0.2) is 34.2 Å². The van der Waals surface area contributed by atoms with Crippen molar-refractivity contribution in [2.24, 2.45) is 5.73 Å². The van der Waals surface area contributed by atoms with Crippen LogP contribution in [0.25, 0.3) is 0 Å². The highest BCUT2D eigenvalue weighted by Gasteiger charge is 2.52. The van der Waals surface area contributed by atoms with E-state index in [1.54, 1.807) is 0 Å². The first-order valence-corrected chi connectivity index (χ1v) is 14.1. The Morgan fingerprint density at radius 2 is 1.94 bits per heavy atom. The predicted molar refractivity (Wildman–Crippen MR) is 80.2 cm³/mol. The molecule has 1 saturated heterocycles. The van der Waals surface area contributed by atoms with Crippen LogP contribution in [0.3, 0.4) is 0 Å². The van der Waals surface area contributed by atoms with E-state index in [4.69, 9.17) is 10.2 Å². The maximum absolute atomic E-state index is 6.65. The number of nitrogens with one attached hydrogen (secondary N) is 1. The number of hydrogen-bond donors (Lipinski definition) is 2. The number of rotatable bonds is 5. The highest BCUT2D eigenvalue weighted by atomic mass is 29.3. The Kier molecular flexibility index (Phi) is 5.00. The Morgan fingerprint density at radius 3 is 2.41 bits per heavy atom. The standard InChI is InChI=1S/C12H30N2OSi2/c1-6-7-12(14-10-9-13)8-11-16(2,3)17(4,5)15-12/h14H,6-11,13H2,1-5H3. The minimum atomic E-state index is -1.51. The molecule has 0 bridgehead atoms. The van der Waals surface area contributed by atoms with E-state index in [1.165, 1.54) is 18.9 Å². The molecule has 0 aliphatic carbocycles. The Balaban J connectivity index is 2.80. The SMILES string of the molecule is CCCC1(NCCN)CC[Si](C)(C)[Si](C)(C)O1. The summed E-state index contributed by atoms with van der Waals surface area (Å²) in [6, 6.07) is 1.39. The van der Waals surface area contributed by atoms with Crippen LogP contribution in [0.2, 0.25) is 32.2 Å². The first-order valence-electron chi connectivity index (χ1n) is 6.94. The molecule has 1 rings (SSSR count). The molecule has 0 spiro atoms. The second-order valence-electron chi connectivity index (χ2n) is 6.46. The molecule has 0 amide bonds. The van der Waals surface area contributed by atoms with Crippen molar-refractivity contribution in [3.63, 3.8) is 0 Å². The van der Waals surface area contributed by atoms with Gasteiger partial charge in [0, 0.05) is 13.1 Å². The van der Waals surface area contributed by atoms with Crippen LogP contribution < -0.4 is 11.1 Å². The second kappa shape index (κ2) is 5.53. The predicted octanol–water partition coefficient (Wildman–Crippen LogP) is 2.44. The third-order valence-electron chi connectivity index (χ3n) is 4.48. The Hall–Kier alpha value is 0.314. The fraction of sp³-hybridized carbons (Fsp3) is 1.00. The van der Waals surface area contributed by atoms with Crippen LogP contribution in [0, 0.1) is 0 Å². The van der Waals surface area contributed by atoms with Gasteiger partial charge in [0.05, 0.1) is 7.59 Å². The monoisotopic (exact) mass is 274 g/mol. The highest BCUT2D eigenvalue weighted by Crippen LogP contribution is 2.39. The Morgan fingerprint density at radius 1 is 1.29 bits per heavy atom. The molecule has 3 N–H and O–H groups in total. The molecule has 1 unspecified atom stereocenters. The van der Waals surface area contributed by atoms with E-state index in [0.717, 1.165) is 13.0 Å². The lowest BCUT2D eigenvalue weighted by Gasteiger charge is -2.52. The lowest BCUT2D eigenvalue weighted by Crippen LogP contribution is -2.69. The lowest BCUT2D eigenvalue weighted by atomic mass is 10.1. The molecule has 1 aliphatic heterocycles. The van der Waals surface area contributed by atoms with Crippen LogP contribution in [0.1, 0.15) is 26.2 Å². The molecule has 17 heavy (non-hydrogen) atoms. The van der Waals surface area contributed by atoms with Gasteiger partial charge in [0.15, 0.2) is 7.83 Å². The van der Waals surface area contributed by atoms with E-state index in [2.05, 4.69) is 38.4 Å². The highest BCUT2D eigenvalue weighted by molar-refractivity contribution is 7.38. The molecule has 1 heterocycles. The van der Waals surface area contributed by atoms with Gasteiger partial charge in [-0.25, -0.2) is 0 Å². The zero-order valence-corrected chi connectivity index (χ0v) is 14.2. The molecule has 0 saturated carbocycles. The van der Waals surface area contributed by atoms with Gasteiger partial charge in [0.1, 0.15) is 5.72 Å². The van der Waals surface area contributed by atoms with Crippen LogP contribution >= 0.6 is 0 Å². The minimum absolute atomic E-state index is 0.0631. The maximum atomic E-state index is 6.65. The Labute approximate surface area is 108 Å². The van der Waals surface area contributed by atoms with Gasteiger partial charge in [-0.05, 0) is 25.9 Å². The van der Waals surface area contributed by atoms with Gasteiger partial charge in [0.25, 0.3) is 0 Å². The quantitative estimate of drug-likeness (QED) is 0.757. The zero-order valence-electron chi connectivity index (χ0n) is 12.2. The van der Waals surface area contributed by atoms with Crippen LogP contribution in [0.4, 0.5) is 0 Å². The van der Waals surface area contributed by atoms with E-state index in [9.17, 15) is 0 Å². The third kappa shape index (κ3) is 3.41. The first kappa shape index (κ1) is 15.4. The van der Waals surface area contributed by atoms with Crippen molar-refractivity contribution in [2.45, 2.75) is 64.1 Å². The van der Waals surface area contributed by atoms with Crippen LogP contribution in [-0.2, 0) is 4.43 Å². The smallest absolute Gasteiger partial charge is 0.176 e. The molecule has 102 valence electrons. The fourth-order valence-corrected chi connectivity index (χ4v) is 9.34.